The molecule has 1 heterocycles. The van der Waals surface area contributed by atoms with Gasteiger partial charge in [0, 0.05) is 17.5 Å². The molecular formula is C22H30ClN. The predicted octanol–water partition coefficient (Wildman–Crippen LogP) is 1.99. The number of nitrogens with two attached hydrogens (primary N) is 1. The molecule has 1 aliphatic heterocycles. The predicted molar refractivity (Wildman–Crippen MR) is 98.3 cm³/mol. The molecule has 0 amide bonds. The van der Waals surface area contributed by atoms with E-state index in [4.69, 9.17) is 0 Å². The van der Waals surface area contributed by atoms with Gasteiger partial charge in [0.2, 0.25) is 0 Å². The molecule has 0 spiro atoms. The van der Waals surface area contributed by atoms with Gasteiger partial charge in [-0.05, 0) is 41.0 Å². The fourth-order valence-corrected chi connectivity index (χ4v) is 3.47. The van der Waals surface area contributed by atoms with E-state index < -0.39 is 0 Å². The normalized spacial score (nSPS) is 17.3. The number of fused-ring (bicyclic) bond motifs is 1. The molecule has 0 saturated heterocycles. The molecule has 2 aromatic carbocycles. The highest BCUT2D eigenvalue weighted by molar-refractivity contribution is 5.44. The summed E-state index contributed by atoms with van der Waals surface area (Å²) in [6.45, 7) is 11.4. The smallest absolute Gasteiger partial charge is 0.133 e. The van der Waals surface area contributed by atoms with Gasteiger partial charge in [-0.3, -0.25) is 0 Å². The van der Waals surface area contributed by atoms with Gasteiger partial charge in [0.1, 0.15) is 11.7 Å². The summed E-state index contributed by atoms with van der Waals surface area (Å²) < 4.78 is 0. The molecule has 0 fully saturated rings. The maximum atomic E-state index is 2.47. The third kappa shape index (κ3) is 4.02. The second-order valence-corrected chi connectivity index (χ2v) is 8.30. The summed E-state index contributed by atoms with van der Waals surface area (Å²) in [6.07, 6.45) is 2.42. The zero-order chi connectivity index (χ0) is 16.6. The molecule has 0 aliphatic carbocycles. The minimum atomic E-state index is 0. The van der Waals surface area contributed by atoms with E-state index in [9.17, 15) is 0 Å². The zero-order valence-corrected chi connectivity index (χ0v) is 16.3. The van der Waals surface area contributed by atoms with Crippen molar-refractivity contribution in [2.75, 3.05) is 0 Å². The Hall–Kier alpha value is -1.31. The van der Waals surface area contributed by atoms with Crippen LogP contribution >= 0.6 is 0 Å². The number of hydrogen-bond acceptors (Lipinski definition) is 0. The van der Waals surface area contributed by atoms with Crippen LogP contribution in [0.1, 0.15) is 75.3 Å². The van der Waals surface area contributed by atoms with Crippen LogP contribution in [0.3, 0.4) is 0 Å². The van der Waals surface area contributed by atoms with Gasteiger partial charge >= 0.3 is 0 Å². The molecule has 24 heavy (non-hydrogen) atoms. The van der Waals surface area contributed by atoms with Crippen LogP contribution in [-0.2, 0) is 11.8 Å². The Morgan fingerprint density at radius 1 is 1.00 bits per heavy atom. The highest BCUT2D eigenvalue weighted by atomic mass is 35.5. The van der Waals surface area contributed by atoms with Gasteiger partial charge in [-0.1, -0.05) is 65.0 Å². The van der Waals surface area contributed by atoms with Crippen LogP contribution in [0.15, 0.2) is 42.5 Å². The lowest BCUT2D eigenvalue weighted by atomic mass is 9.85. The van der Waals surface area contributed by atoms with Gasteiger partial charge in [-0.25, -0.2) is 0 Å². The van der Waals surface area contributed by atoms with Gasteiger partial charge in [0.15, 0.2) is 0 Å². The van der Waals surface area contributed by atoms with Gasteiger partial charge in [0.25, 0.3) is 0 Å². The zero-order valence-electron chi connectivity index (χ0n) is 15.6. The van der Waals surface area contributed by atoms with Crippen molar-refractivity contribution in [3.63, 3.8) is 0 Å². The lowest BCUT2D eigenvalue weighted by Gasteiger charge is -2.25. The van der Waals surface area contributed by atoms with E-state index in [1.165, 1.54) is 40.8 Å². The molecule has 0 bridgehead atoms. The molecule has 1 aliphatic rings. The van der Waals surface area contributed by atoms with Crippen LogP contribution in [-0.4, -0.2) is 0 Å². The Balaban J connectivity index is 0.00000208. The van der Waals surface area contributed by atoms with Crippen molar-refractivity contribution >= 4 is 5.69 Å². The Kier molecular flexibility index (Phi) is 5.78. The monoisotopic (exact) mass is 343 g/mol. The molecule has 3 rings (SSSR count). The van der Waals surface area contributed by atoms with E-state index in [1.54, 1.807) is 0 Å². The third-order valence-corrected chi connectivity index (χ3v) is 5.14. The largest absolute Gasteiger partial charge is 1.00 e. The molecule has 0 radical (unpaired) electrons. The van der Waals surface area contributed by atoms with Gasteiger partial charge in [-0.15, -0.1) is 0 Å². The Morgan fingerprint density at radius 2 is 1.67 bits per heavy atom. The summed E-state index contributed by atoms with van der Waals surface area (Å²) in [5.74, 6) is 0.614. The van der Waals surface area contributed by atoms with Crippen molar-refractivity contribution in [3.8, 4) is 0 Å². The van der Waals surface area contributed by atoms with Crippen molar-refractivity contribution in [2.45, 2.75) is 64.8 Å². The van der Waals surface area contributed by atoms with Crippen LogP contribution < -0.4 is 17.7 Å². The molecule has 1 unspecified atom stereocenters. The van der Waals surface area contributed by atoms with Crippen LogP contribution in [0.2, 0.25) is 0 Å². The molecule has 130 valence electrons. The Morgan fingerprint density at radius 3 is 2.25 bits per heavy atom. The van der Waals surface area contributed by atoms with Crippen molar-refractivity contribution in [1.29, 1.82) is 0 Å². The summed E-state index contributed by atoms with van der Waals surface area (Å²) in [4.78, 5) is 0. The van der Waals surface area contributed by atoms with E-state index in [1.807, 2.05) is 0 Å². The minimum absolute atomic E-state index is 0. The fraction of sp³-hybridized carbons (Fsp3) is 0.455. The van der Waals surface area contributed by atoms with E-state index in [2.05, 4.69) is 82.4 Å². The molecule has 1 atom stereocenters. The second kappa shape index (κ2) is 7.29. The van der Waals surface area contributed by atoms with Crippen LogP contribution in [0.4, 0.5) is 5.69 Å². The van der Waals surface area contributed by atoms with Crippen LogP contribution in [0.5, 0.6) is 0 Å². The third-order valence-electron chi connectivity index (χ3n) is 5.14. The summed E-state index contributed by atoms with van der Waals surface area (Å²) in [5.41, 5.74) is 7.53. The topological polar surface area (TPSA) is 16.6 Å². The molecule has 2 heteroatoms. The summed E-state index contributed by atoms with van der Waals surface area (Å²) in [6, 6.07) is 16.9. The van der Waals surface area contributed by atoms with E-state index in [0.717, 1.165) is 0 Å². The number of halogens is 1. The van der Waals surface area contributed by atoms with E-state index >= 15 is 0 Å². The molecule has 2 N–H and O–H groups in total. The number of benzene rings is 2. The lowest BCUT2D eigenvalue weighted by Crippen LogP contribution is -3.00. The minimum Gasteiger partial charge on any atom is -1.00 e. The summed E-state index contributed by atoms with van der Waals surface area (Å²) >= 11 is 0. The molecule has 1 nitrogen and oxygen atoms in total. The number of quaternary nitrogens is 1. The first-order valence-electron chi connectivity index (χ1n) is 8.93. The van der Waals surface area contributed by atoms with E-state index in [0.29, 0.717) is 12.0 Å². The highest BCUT2D eigenvalue weighted by Crippen LogP contribution is 2.29. The first-order valence-corrected chi connectivity index (χ1v) is 8.93. The number of aryl methyl sites for hydroxylation is 1. The van der Waals surface area contributed by atoms with E-state index in [-0.39, 0.29) is 17.8 Å². The summed E-state index contributed by atoms with van der Waals surface area (Å²) in [5, 5.41) is 2.47. The first kappa shape index (κ1) is 19.0. The van der Waals surface area contributed by atoms with Gasteiger partial charge in [-0.2, -0.15) is 0 Å². The van der Waals surface area contributed by atoms with Crippen molar-refractivity contribution < 1.29 is 17.7 Å². The van der Waals surface area contributed by atoms with Gasteiger partial charge in [0.05, 0.1) is 0 Å². The average Bonchev–Trinajstić information content (AvgIpc) is 2.53. The summed E-state index contributed by atoms with van der Waals surface area (Å²) in [7, 11) is 0. The lowest BCUT2D eigenvalue weighted by molar-refractivity contribution is -0.623. The SMILES string of the molecule is CC(C)c1ccc2c(c1)CCC(c1ccc(C(C)(C)C)cc1)[NH2+]2.[Cl-]. The average molecular weight is 344 g/mol. The van der Waals surface area contributed by atoms with Crippen LogP contribution in [0.25, 0.3) is 0 Å². The van der Waals surface area contributed by atoms with Gasteiger partial charge < -0.3 is 17.7 Å². The van der Waals surface area contributed by atoms with Crippen molar-refractivity contribution in [3.05, 3.63) is 64.7 Å². The molecular weight excluding hydrogens is 314 g/mol. The Bertz CT molecular complexity index is 680. The quantitative estimate of drug-likeness (QED) is 0.803. The number of hydrogen-bond donors (Lipinski definition) is 1. The maximum absolute atomic E-state index is 2.47. The number of rotatable bonds is 2. The Labute approximate surface area is 153 Å². The first-order chi connectivity index (χ1) is 10.8. The molecule has 0 saturated carbocycles. The maximum Gasteiger partial charge on any atom is 0.133 e. The standard InChI is InChI=1S/C22H29N.ClH/c1-15(2)17-8-12-21-18(14-17)9-13-20(23-21)16-6-10-19(11-7-16)22(3,4)5;/h6-8,10-12,14-15,20,23H,9,13H2,1-5H3;1H. The fourth-order valence-electron chi connectivity index (χ4n) is 3.47. The second-order valence-electron chi connectivity index (χ2n) is 8.30. The highest BCUT2D eigenvalue weighted by Gasteiger charge is 2.24. The molecule has 0 aromatic heterocycles. The molecule has 2 aromatic rings. The van der Waals surface area contributed by atoms with Crippen LogP contribution in [0, 0.1) is 0 Å². The van der Waals surface area contributed by atoms with Crippen molar-refractivity contribution in [1.82, 2.24) is 0 Å². The van der Waals surface area contributed by atoms with Crippen molar-refractivity contribution in [2.24, 2.45) is 0 Å².